The van der Waals surface area contributed by atoms with Crippen molar-refractivity contribution in [3.05, 3.63) is 29.8 Å². The molecule has 1 atom stereocenters. The van der Waals surface area contributed by atoms with E-state index in [-0.39, 0.29) is 18.5 Å². The van der Waals surface area contributed by atoms with Crippen LogP contribution in [0.25, 0.3) is 11.5 Å². The molecule has 0 aliphatic carbocycles. The number of pyridine rings is 1. The second-order valence-electron chi connectivity index (χ2n) is 5.03. The number of hydrogen-bond acceptors (Lipinski definition) is 6. The molecule has 21 heavy (non-hydrogen) atoms. The minimum Gasteiger partial charge on any atom is -0.343 e. The number of amides is 1. The van der Waals surface area contributed by atoms with Crippen LogP contribution in [-0.4, -0.2) is 46.1 Å². The Balaban J connectivity index is 1.85. The Kier molecular flexibility index (Phi) is 3.66. The van der Waals surface area contributed by atoms with E-state index in [1.165, 1.54) is 0 Å². The van der Waals surface area contributed by atoms with Crippen LogP contribution in [0.2, 0.25) is 0 Å². The predicted octanol–water partition coefficient (Wildman–Crippen LogP) is 0.797. The zero-order chi connectivity index (χ0) is 14.8. The normalized spacial score (nSPS) is 19.0. The van der Waals surface area contributed by atoms with Crippen LogP contribution in [0, 0.1) is 0 Å². The average molecular weight is 287 g/mol. The van der Waals surface area contributed by atoms with Crippen LogP contribution in [0.1, 0.15) is 24.4 Å². The van der Waals surface area contributed by atoms with Crippen molar-refractivity contribution in [3.63, 3.8) is 0 Å². The number of aryl methyl sites for hydroxylation is 1. The number of carbonyl (C=O) groups excluding carboxylic acids is 1. The summed E-state index contributed by atoms with van der Waals surface area (Å²) in [6, 6.07) is 3.76. The lowest BCUT2D eigenvalue weighted by Crippen LogP contribution is -2.47. The number of rotatable bonds is 3. The molecule has 0 bridgehead atoms. The highest BCUT2D eigenvalue weighted by Gasteiger charge is 2.28. The number of nitrogens with one attached hydrogen (secondary N) is 1. The topological polar surface area (TPSA) is 84.2 Å². The highest BCUT2D eigenvalue weighted by atomic mass is 16.5. The minimum atomic E-state index is -0.136. The lowest BCUT2D eigenvalue weighted by Gasteiger charge is -2.28. The van der Waals surface area contributed by atoms with Crippen LogP contribution >= 0.6 is 0 Å². The Morgan fingerprint density at radius 2 is 2.38 bits per heavy atom. The molecule has 7 nitrogen and oxygen atoms in total. The van der Waals surface area contributed by atoms with Gasteiger partial charge in [-0.05, 0) is 18.1 Å². The summed E-state index contributed by atoms with van der Waals surface area (Å²) in [7, 11) is 1.77. The molecule has 0 spiro atoms. The van der Waals surface area contributed by atoms with Crippen LogP contribution in [0.15, 0.2) is 22.9 Å². The van der Waals surface area contributed by atoms with E-state index in [1.807, 2.05) is 12.1 Å². The summed E-state index contributed by atoms with van der Waals surface area (Å²) < 4.78 is 5.34. The smallest absolute Gasteiger partial charge is 0.245 e. The number of piperazine rings is 1. The van der Waals surface area contributed by atoms with E-state index >= 15 is 0 Å². The zero-order valence-electron chi connectivity index (χ0n) is 12.0. The number of aromatic nitrogens is 3. The first-order valence-corrected chi connectivity index (χ1v) is 6.94. The molecule has 1 saturated heterocycles. The van der Waals surface area contributed by atoms with Crippen molar-refractivity contribution in [2.75, 3.05) is 20.1 Å². The summed E-state index contributed by atoms with van der Waals surface area (Å²) >= 11 is 0. The van der Waals surface area contributed by atoms with Crippen molar-refractivity contribution in [3.8, 4) is 11.5 Å². The van der Waals surface area contributed by atoms with Crippen molar-refractivity contribution in [2.24, 2.45) is 0 Å². The van der Waals surface area contributed by atoms with Gasteiger partial charge in [0.2, 0.25) is 17.6 Å². The SMILES string of the molecule is CCc1cccnc1-c1noc([C@@H]2CN(C)C(=O)CN2)n1. The van der Waals surface area contributed by atoms with Crippen LogP contribution in [0.4, 0.5) is 0 Å². The Morgan fingerprint density at radius 3 is 3.14 bits per heavy atom. The number of likely N-dealkylation sites (N-methyl/N-ethyl adjacent to an activating group) is 1. The van der Waals surface area contributed by atoms with Crippen molar-refractivity contribution >= 4 is 5.91 Å². The number of hydrogen-bond donors (Lipinski definition) is 1. The maximum absolute atomic E-state index is 11.5. The first-order chi connectivity index (χ1) is 10.2. The van der Waals surface area contributed by atoms with Gasteiger partial charge >= 0.3 is 0 Å². The highest BCUT2D eigenvalue weighted by Crippen LogP contribution is 2.22. The van der Waals surface area contributed by atoms with Gasteiger partial charge in [0.1, 0.15) is 11.7 Å². The summed E-state index contributed by atoms with van der Waals surface area (Å²) in [5.41, 5.74) is 1.82. The van der Waals surface area contributed by atoms with Crippen LogP contribution in [0.5, 0.6) is 0 Å². The van der Waals surface area contributed by atoms with E-state index in [2.05, 4.69) is 27.4 Å². The molecule has 1 N–H and O–H groups in total. The fourth-order valence-electron chi connectivity index (χ4n) is 2.35. The molecular weight excluding hydrogens is 270 g/mol. The molecule has 1 aliphatic rings. The standard InChI is InChI=1S/C14H17N5O2/c1-3-9-5-4-6-15-12(9)13-17-14(21-18-13)10-8-19(2)11(20)7-16-10/h4-6,10,16H,3,7-8H2,1-2H3/t10-/m0/s1. The molecule has 110 valence electrons. The van der Waals surface area contributed by atoms with Crippen molar-refractivity contribution in [1.29, 1.82) is 0 Å². The van der Waals surface area contributed by atoms with Crippen molar-refractivity contribution in [2.45, 2.75) is 19.4 Å². The maximum atomic E-state index is 11.5. The van der Waals surface area contributed by atoms with Gasteiger partial charge in [0, 0.05) is 19.8 Å². The molecular formula is C14H17N5O2. The summed E-state index contributed by atoms with van der Waals surface area (Å²) in [5, 5.41) is 7.12. The lowest BCUT2D eigenvalue weighted by molar-refractivity contribution is -0.131. The molecule has 3 heterocycles. The van der Waals surface area contributed by atoms with Crippen LogP contribution < -0.4 is 5.32 Å². The van der Waals surface area contributed by atoms with Gasteiger partial charge in [0.15, 0.2) is 0 Å². The van der Waals surface area contributed by atoms with Crippen LogP contribution in [0.3, 0.4) is 0 Å². The third-order valence-electron chi connectivity index (χ3n) is 3.61. The summed E-state index contributed by atoms with van der Waals surface area (Å²) in [5.74, 6) is 1.03. The molecule has 0 saturated carbocycles. The minimum absolute atomic E-state index is 0.0592. The largest absolute Gasteiger partial charge is 0.343 e. The zero-order valence-corrected chi connectivity index (χ0v) is 12.0. The fourth-order valence-corrected chi connectivity index (χ4v) is 2.35. The molecule has 0 aromatic carbocycles. The molecule has 0 radical (unpaired) electrons. The third kappa shape index (κ3) is 2.64. The number of nitrogens with zero attached hydrogens (tertiary/aromatic N) is 4. The second kappa shape index (κ2) is 5.61. The monoisotopic (exact) mass is 287 g/mol. The van der Waals surface area contributed by atoms with Gasteiger partial charge in [-0.1, -0.05) is 18.1 Å². The summed E-state index contributed by atoms with van der Waals surface area (Å²) in [6.45, 7) is 2.86. The predicted molar refractivity (Wildman–Crippen MR) is 75.3 cm³/mol. The Hall–Kier alpha value is -2.28. The maximum Gasteiger partial charge on any atom is 0.245 e. The quantitative estimate of drug-likeness (QED) is 0.898. The molecule has 1 fully saturated rings. The molecule has 2 aromatic rings. The average Bonchev–Trinajstić information content (AvgIpc) is 2.99. The van der Waals surface area contributed by atoms with E-state index in [9.17, 15) is 4.79 Å². The van der Waals surface area contributed by atoms with E-state index in [1.54, 1.807) is 18.1 Å². The third-order valence-corrected chi connectivity index (χ3v) is 3.61. The van der Waals surface area contributed by atoms with Crippen molar-refractivity contribution < 1.29 is 9.32 Å². The number of carbonyl (C=O) groups is 1. The first-order valence-electron chi connectivity index (χ1n) is 6.94. The second-order valence-corrected chi connectivity index (χ2v) is 5.03. The van der Waals surface area contributed by atoms with Gasteiger partial charge in [-0.15, -0.1) is 0 Å². The molecule has 3 rings (SSSR count). The summed E-state index contributed by atoms with van der Waals surface area (Å²) in [6.07, 6.45) is 2.57. The lowest BCUT2D eigenvalue weighted by atomic mass is 10.1. The van der Waals surface area contributed by atoms with Gasteiger partial charge in [-0.3, -0.25) is 15.1 Å². The van der Waals surface area contributed by atoms with Gasteiger partial charge in [0.25, 0.3) is 0 Å². The Bertz CT molecular complexity index is 654. The Labute approximate surface area is 122 Å². The molecule has 1 aliphatic heterocycles. The fraction of sp³-hybridized carbons (Fsp3) is 0.429. The van der Waals surface area contributed by atoms with E-state index in [4.69, 9.17) is 4.52 Å². The van der Waals surface area contributed by atoms with Crippen LogP contribution in [-0.2, 0) is 11.2 Å². The molecule has 7 heteroatoms. The van der Waals surface area contributed by atoms with Gasteiger partial charge in [0.05, 0.1) is 6.54 Å². The molecule has 0 unspecified atom stereocenters. The van der Waals surface area contributed by atoms with E-state index in [0.717, 1.165) is 17.7 Å². The van der Waals surface area contributed by atoms with Gasteiger partial charge in [-0.25, -0.2) is 0 Å². The first kappa shape index (κ1) is 13.7. The van der Waals surface area contributed by atoms with E-state index < -0.39 is 0 Å². The van der Waals surface area contributed by atoms with E-state index in [0.29, 0.717) is 18.3 Å². The van der Waals surface area contributed by atoms with Gasteiger partial charge in [-0.2, -0.15) is 4.98 Å². The Morgan fingerprint density at radius 1 is 1.52 bits per heavy atom. The van der Waals surface area contributed by atoms with Gasteiger partial charge < -0.3 is 9.42 Å². The molecule has 2 aromatic heterocycles. The molecule has 1 amide bonds. The highest BCUT2D eigenvalue weighted by molar-refractivity contribution is 5.78. The summed E-state index contributed by atoms with van der Waals surface area (Å²) in [4.78, 5) is 21.9. The van der Waals surface area contributed by atoms with Crippen molar-refractivity contribution in [1.82, 2.24) is 25.3 Å².